The molecular formula is C13H17ClN2O3. The lowest BCUT2D eigenvalue weighted by Crippen LogP contribution is -2.28. The maximum absolute atomic E-state index is 11.0. The van der Waals surface area contributed by atoms with Gasteiger partial charge in [0.1, 0.15) is 0 Å². The van der Waals surface area contributed by atoms with Crippen LogP contribution >= 0.6 is 11.6 Å². The van der Waals surface area contributed by atoms with Gasteiger partial charge in [0.15, 0.2) is 0 Å². The Labute approximate surface area is 116 Å². The van der Waals surface area contributed by atoms with Crippen LogP contribution in [-0.4, -0.2) is 23.0 Å². The van der Waals surface area contributed by atoms with Crippen LogP contribution in [0.25, 0.3) is 0 Å². The smallest absolute Gasteiger partial charge is 0.305 e. The maximum atomic E-state index is 11.0. The number of aliphatic carboxylic acids is 1. The molecule has 0 bridgehead atoms. The summed E-state index contributed by atoms with van der Waals surface area (Å²) in [6.07, 6.45) is 0.00680. The molecule has 1 aromatic carbocycles. The van der Waals surface area contributed by atoms with Gasteiger partial charge < -0.3 is 16.2 Å². The van der Waals surface area contributed by atoms with E-state index in [1.165, 1.54) is 6.07 Å². The Morgan fingerprint density at radius 2 is 2.05 bits per heavy atom. The summed E-state index contributed by atoms with van der Waals surface area (Å²) in [7, 11) is 0. The summed E-state index contributed by atoms with van der Waals surface area (Å²) < 4.78 is 0. The van der Waals surface area contributed by atoms with Gasteiger partial charge in [-0.25, -0.2) is 0 Å². The van der Waals surface area contributed by atoms with Crippen LogP contribution in [0, 0.1) is 5.92 Å². The number of primary amides is 1. The first-order chi connectivity index (χ1) is 8.81. The molecule has 1 rings (SSSR count). The molecule has 0 aliphatic heterocycles. The molecule has 0 aliphatic carbocycles. The fourth-order valence-electron chi connectivity index (χ4n) is 1.66. The average molecular weight is 285 g/mol. The molecule has 4 N–H and O–H groups in total. The van der Waals surface area contributed by atoms with E-state index in [-0.39, 0.29) is 29.0 Å². The van der Waals surface area contributed by atoms with Crippen LogP contribution in [-0.2, 0) is 4.79 Å². The molecule has 0 radical (unpaired) electrons. The van der Waals surface area contributed by atoms with Crippen molar-refractivity contribution in [3.63, 3.8) is 0 Å². The SMILES string of the molecule is CC(C)C(CC(=O)O)Nc1ccc(C(N)=O)c(Cl)c1. The second-order valence-electron chi connectivity index (χ2n) is 4.65. The summed E-state index contributed by atoms with van der Waals surface area (Å²) in [5, 5.41) is 12.2. The second kappa shape index (κ2) is 6.43. The Kier molecular flexibility index (Phi) is 5.18. The van der Waals surface area contributed by atoms with Gasteiger partial charge in [-0.15, -0.1) is 0 Å². The monoisotopic (exact) mass is 284 g/mol. The van der Waals surface area contributed by atoms with Crippen molar-refractivity contribution in [1.29, 1.82) is 0 Å². The quantitative estimate of drug-likeness (QED) is 0.747. The van der Waals surface area contributed by atoms with Crippen LogP contribution in [0.1, 0.15) is 30.6 Å². The van der Waals surface area contributed by atoms with Crippen LogP contribution in [0.4, 0.5) is 5.69 Å². The first-order valence-corrected chi connectivity index (χ1v) is 6.26. The predicted molar refractivity (Wildman–Crippen MR) is 74.5 cm³/mol. The van der Waals surface area contributed by atoms with Gasteiger partial charge in [0.05, 0.1) is 17.0 Å². The molecule has 1 atom stereocenters. The number of anilines is 1. The minimum atomic E-state index is -0.869. The highest BCUT2D eigenvalue weighted by atomic mass is 35.5. The molecule has 1 unspecified atom stereocenters. The maximum Gasteiger partial charge on any atom is 0.305 e. The number of nitrogens with one attached hydrogen (secondary N) is 1. The molecule has 0 heterocycles. The van der Waals surface area contributed by atoms with Gasteiger partial charge in [0, 0.05) is 11.7 Å². The van der Waals surface area contributed by atoms with E-state index in [0.29, 0.717) is 5.69 Å². The number of hydrogen-bond acceptors (Lipinski definition) is 3. The highest BCUT2D eigenvalue weighted by Gasteiger charge is 2.17. The van der Waals surface area contributed by atoms with E-state index in [1.807, 2.05) is 13.8 Å². The summed E-state index contributed by atoms with van der Waals surface area (Å²) >= 11 is 5.94. The number of halogens is 1. The first-order valence-electron chi connectivity index (χ1n) is 5.89. The Hall–Kier alpha value is -1.75. The molecule has 0 saturated carbocycles. The largest absolute Gasteiger partial charge is 0.481 e. The van der Waals surface area contributed by atoms with E-state index in [9.17, 15) is 9.59 Å². The molecule has 0 spiro atoms. The number of nitrogens with two attached hydrogens (primary N) is 1. The molecule has 1 amide bonds. The lowest BCUT2D eigenvalue weighted by atomic mass is 10.0. The molecule has 0 aromatic heterocycles. The normalized spacial score (nSPS) is 12.2. The van der Waals surface area contributed by atoms with Crippen molar-refractivity contribution < 1.29 is 14.7 Å². The molecule has 1 aromatic rings. The summed E-state index contributed by atoms with van der Waals surface area (Å²) in [4.78, 5) is 21.8. The van der Waals surface area contributed by atoms with Gasteiger partial charge in [-0.1, -0.05) is 25.4 Å². The Balaban J connectivity index is 2.88. The van der Waals surface area contributed by atoms with Crippen LogP contribution in [0.2, 0.25) is 5.02 Å². The number of carboxylic acid groups (broad SMARTS) is 1. The van der Waals surface area contributed by atoms with Crippen LogP contribution in [0.3, 0.4) is 0 Å². The van der Waals surface area contributed by atoms with Crippen molar-refractivity contribution in [3.05, 3.63) is 28.8 Å². The third kappa shape index (κ3) is 4.44. The van der Waals surface area contributed by atoms with Crippen molar-refractivity contribution in [1.82, 2.24) is 0 Å². The lowest BCUT2D eigenvalue weighted by Gasteiger charge is -2.22. The fraction of sp³-hybridized carbons (Fsp3) is 0.385. The van der Waals surface area contributed by atoms with Crippen molar-refractivity contribution in [2.75, 3.05) is 5.32 Å². The average Bonchev–Trinajstić information content (AvgIpc) is 2.26. The molecule has 0 aliphatic rings. The topological polar surface area (TPSA) is 92.4 Å². The van der Waals surface area contributed by atoms with Gasteiger partial charge >= 0.3 is 5.97 Å². The minimum Gasteiger partial charge on any atom is -0.481 e. The van der Waals surface area contributed by atoms with Gasteiger partial charge in [-0.2, -0.15) is 0 Å². The number of benzene rings is 1. The molecule has 104 valence electrons. The highest BCUT2D eigenvalue weighted by molar-refractivity contribution is 6.34. The summed E-state index contributed by atoms with van der Waals surface area (Å²) in [5.41, 5.74) is 6.06. The lowest BCUT2D eigenvalue weighted by molar-refractivity contribution is -0.137. The zero-order chi connectivity index (χ0) is 14.6. The molecule has 0 fully saturated rings. The Bertz CT molecular complexity index is 489. The van der Waals surface area contributed by atoms with Crippen LogP contribution < -0.4 is 11.1 Å². The number of amides is 1. The van der Waals surface area contributed by atoms with Crippen molar-refractivity contribution in [2.24, 2.45) is 11.7 Å². The van der Waals surface area contributed by atoms with Gasteiger partial charge in [0.25, 0.3) is 0 Å². The third-order valence-electron chi connectivity index (χ3n) is 2.79. The van der Waals surface area contributed by atoms with Crippen molar-refractivity contribution in [3.8, 4) is 0 Å². The molecular weight excluding hydrogens is 268 g/mol. The standard InChI is InChI=1S/C13H17ClN2O3/c1-7(2)11(6-12(17)18)16-8-3-4-9(13(15)19)10(14)5-8/h3-5,7,11,16H,6H2,1-2H3,(H2,15,19)(H,17,18). The molecule has 6 heteroatoms. The van der Waals surface area contributed by atoms with E-state index in [2.05, 4.69) is 5.32 Å². The Morgan fingerprint density at radius 3 is 2.47 bits per heavy atom. The third-order valence-corrected chi connectivity index (χ3v) is 3.10. The molecule has 19 heavy (non-hydrogen) atoms. The number of carbonyl (C=O) groups is 2. The van der Waals surface area contributed by atoms with Gasteiger partial charge in [-0.05, 0) is 24.1 Å². The summed E-state index contributed by atoms with van der Waals surface area (Å²) in [5.74, 6) is -1.32. The number of carbonyl (C=O) groups excluding carboxylic acids is 1. The molecule has 0 saturated heterocycles. The van der Waals surface area contributed by atoms with Crippen molar-refractivity contribution in [2.45, 2.75) is 26.3 Å². The van der Waals surface area contributed by atoms with Gasteiger partial charge in [-0.3, -0.25) is 9.59 Å². The van der Waals surface area contributed by atoms with E-state index in [4.69, 9.17) is 22.4 Å². The van der Waals surface area contributed by atoms with Crippen LogP contribution in [0.15, 0.2) is 18.2 Å². The first kappa shape index (κ1) is 15.3. The highest BCUT2D eigenvalue weighted by Crippen LogP contribution is 2.23. The number of hydrogen-bond donors (Lipinski definition) is 3. The van der Waals surface area contributed by atoms with Gasteiger partial charge in [0.2, 0.25) is 5.91 Å². The predicted octanol–water partition coefficient (Wildman–Crippen LogP) is 2.35. The second-order valence-corrected chi connectivity index (χ2v) is 5.06. The Morgan fingerprint density at radius 1 is 1.42 bits per heavy atom. The van der Waals surface area contributed by atoms with E-state index < -0.39 is 11.9 Å². The van der Waals surface area contributed by atoms with E-state index in [1.54, 1.807) is 12.1 Å². The van der Waals surface area contributed by atoms with Crippen molar-refractivity contribution >= 4 is 29.2 Å². The van der Waals surface area contributed by atoms with E-state index >= 15 is 0 Å². The number of rotatable bonds is 6. The van der Waals surface area contributed by atoms with E-state index in [0.717, 1.165) is 0 Å². The number of carboxylic acids is 1. The summed E-state index contributed by atoms with van der Waals surface area (Å²) in [6, 6.07) is 4.53. The zero-order valence-corrected chi connectivity index (χ0v) is 11.6. The van der Waals surface area contributed by atoms with Crippen LogP contribution in [0.5, 0.6) is 0 Å². The minimum absolute atomic E-state index is 0.00680. The zero-order valence-electron chi connectivity index (χ0n) is 10.8. The summed E-state index contributed by atoms with van der Waals surface area (Å²) in [6.45, 7) is 3.86. The molecule has 5 nitrogen and oxygen atoms in total. The fourth-order valence-corrected chi connectivity index (χ4v) is 1.93.